The third-order valence-corrected chi connectivity index (χ3v) is 4.61. The highest BCUT2D eigenvalue weighted by Crippen LogP contribution is 2.30. The topological polar surface area (TPSA) is 65.9 Å². The average Bonchev–Trinajstić information content (AvgIpc) is 3.11. The standard InChI is InChI=1S/C19H31N3O2/c1-3-20-19(21-13-7-10-15-8-4-5-9-15)22-14-16-11-6-12-17(24-2)18(16)23/h6,11-12,15,23H,3-5,7-10,13-14H2,1-2H3,(H2,20,21,22). The van der Waals surface area contributed by atoms with Crippen LogP contribution in [0, 0.1) is 5.92 Å². The van der Waals surface area contributed by atoms with Crippen LogP contribution < -0.4 is 15.4 Å². The Morgan fingerprint density at radius 1 is 1.29 bits per heavy atom. The van der Waals surface area contributed by atoms with E-state index >= 15 is 0 Å². The van der Waals surface area contributed by atoms with Gasteiger partial charge in [0.1, 0.15) is 0 Å². The van der Waals surface area contributed by atoms with Crippen LogP contribution in [0.1, 0.15) is 51.0 Å². The Kier molecular flexibility index (Phi) is 7.72. The number of aromatic hydroxyl groups is 1. The molecule has 5 heteroatoms. The number of nitrogens with one attached hydrogen (secondary N) is 2. The van der Waals surface area contributed by atoms with Gasteiger partial charge in [-0.25, -0.2) is 4.99 Å². The minimum absolute atomic E-state index is 0.167. The molecule has 0 spiro atoms. The Morgan fingerprint density at radius 3 is 2.79 bits per heavy atom. The zero-order chi connectivity index (χ0) is 17.2. The van der Waals surface area contributed by atoms with Gasteiger partial charge in [-0.05, 0) is 31.7 Å². The summed E-state index contributed by atoms with van der Waals surface area (Å²) in [7, 11) is 1.55. The van der Waals surface area contributed by atoms with E-state index < -0.39 is 0 Å². The van der Waals surface area contributed by atoms with Gasteiger partial charge in [0.2, 0.25) is 0 Å². The van der Waals surface area contributed by atoms with Gasteiger partial charge in [-0.2, -0.15) is 0 Å². The van der Waals surface area contributed by atoms with Crippen molar-refractivity contribution in [1.82, 2.24) is 10.6 Å². The van der Waals surface area contributed by atoms with E-state index in [1.54, 1.807) is 13.2 Å². The fourth-order valence-electron chi connectivity index (χ4n) is 3.26. The fourth-order valence-corrected chi connectivity index (χ4v) is 3.26. The largest absolute Gasteiger partial charge is 0.504 e. The van der Waals surface area contributed by atoms with E-state index in [0.717, 1.165) is 30.5 Å². The number of aliphatic imine (C=N–C) groups is 1. The van der Waals surface area contributed by atoms with Crippen molar-refractivity contribution in [1.29, 1.82) is 0 Å². The van der Waals surface area contributed by atoms with Crippen molar-refractivity contribution < 1.29 is 9.84 Å². The van der Waals surface area contributed by atoms with Gasteiger partial charge in [0.15, 0.2) is 17.5 Å². The number of para-hydroxylation sites is 1. The second-order valence-electron chi connectivity index (χ2n) is 6.38. The van der Waals surface area contributed by atoms with Gasteiger partial charge in [0.25, 0.3) is 0 Å². The summed E-state index contributed by atoms with van der Waals surface area (Å²) in [4.78, 5) is 4.57. The SMILES string of the molecule is CCNC(=NCc1cccc(OC)c1O)NCCCC1CCCC1. The van der Waals surface area contributed by atoms with Crippen LogP contribution in [0.2, 0.25) is 0 Å². The van der Waals surface area contributed by atoms with Gasteiger partial charge in [-0.3, -0.25) is 0 Å². The Hall–Kier alpha value is -1.91. The molecule has 0 bridgehead atoms. The lowest BCUT2D eigenvalue weighted by atomic mass is 10.0. The molecule has 1 aliphatic rings. The summed E-state index contributed by atoms with van der Waals surface area (Å²) < 4.78 is 5.14. The highest BCUT2D eigenvalue weighted by molar-refractivity contribution is 5.79. The van der Waals surface area contributed by atoms with Gasteiger partial charge in [-0.15, -0.1) is 0 Å². The second-order valence-corrected chi connectivity index (χ2v) is 6.38. The smallest absolute Gasteiger partial charge is 0.191 e. The maximum atomic E-state index is 10.1. The lowest BCUT2D eigenvalue weighted by Gasteiger charge is -2.13. The molecule has 0 radical (unpaired) electrons. The molecule has 0 aliphatic heterocycles. The average molecular weight is 333 g/mol. The second kappa shape index (κ2) is 10.1. The van der Waals surface area contributed by atoms with Gasteiger partial charge in [0.05, 0.1) is 13.7 Å². The molecule has 0 saturated heterocycles. The lowest BCUT2D eigenvalue weighted by Crippen LogP contribution is -2.37. The van der Waals surface area contributed by atoms with Crippen LogP contribution in [0.3, 0.4) is 0 Å². The molecule has 1 aliphatic carbocycles. The first-order valence-electron chi connectivity index (χ1n) is 9.11. The van der Waals surface area contributed by atoms with Crippen LogP contribution in [0.15, 0.2) is 23.2 Å². The van der Waals surface area contributed by atoms with E-state index in [2.05, 4.69) is 22.5 Å². The number of phenolic OH excluding ortho intramolecular Hbond substituents is 1. The van der Waals surface area contributed by atoms with E-state index in [9.17, 15) is 5.11 Å². The summed E-state index contributed by atoms with van der Waals surface area (Å²) in [6, 6.07) is 5.48. The van der Waals surface area contributed by atoms with Crippen LogP contribution in [-0.2, 0) is 6.54 Å². The maximum absolute atomic E-state index is 10.1. The first kappa shape index (κ1) is 18.4. The molecular formula is C19H31N3O2. The van der Waals surface area contributed by atoms with Crippen LogP contribution in [0.25, 0.3) is 0 Å². The summed E-state index contributed by atoms with van der Waals surface area (Å²) in [5.41, 5.74) is 0.762. The summed E-state index contributed by atoms with van der Waals surface area (Å²) in [6.45, 7) is 4.23. The molecule has 2 rings (SSSR count). The third kappa shape index (κ3) is 5.62. The van der Waals surface area contributed by atoms with Crippen molar-refractivity contribution in [3.05, 3.63) is 23.8 Å². The normalized spacial score (nSPS) is 15.5. The van der Waals surface area contributed by atoms with E-state index in [-0.39, 0.29) is 5.75 Å². The Balaban J connectivity index is 1.83. The molecule has 5 nitrogen and oxygen atoms in total. The number of benzene rings is 1. The monoisotopic (exact) mass is 333 g/mol. The molecule has 24 heavy (non-hydrogen) atoms. The van der Waals surface area contributed by atoms with Crippen molar-refractivity contribution >= 4 is 5.96 Å². The quantitative estimate of drug-likeness (QED) is 0.387. The number of phenols is 1. The van der Waals surface area contributed by atoms with Crippen molar-refractivity contribution in [3.8, 4) is 11.5 Å². The highest BCUT2D eigenvalue weighted by atomic mass is 16.5. The molecule has 0 aromatic heterocycles. The van der Waals surface area contributed by atoms with Crippen molar-refractivity contribution in [2.45, 2.75) is 52.0 Å². The maximum Gasteiger partial charge on any atom is 0.191 e. The number of rotatable bonds is 8. The number of methoxy groups -OCH3 is 1. The van der Waals surface area contributed by atoms with Gasteiger partial charge < -0.3 is 20.5 Å². The Labute approximate surface area is 145 Å². The molecule has 1 fully saturated rings. The molecule has 1 saturated carbocycles. The summed E-state index contributed by atoms with van der Waals surface area (Å²) in [5, 5.41) is 16.8. The van der Waals surface area contributed by atoms with E-state index in [1.165, 1.54) is 38.5 Å². The number of guanidine groups is 1. The van der Waals surface area contributed by atoms with Gasteiger partial charge in [-0.1, -0.05) is 37.8 Å². The van der Waals surface area contributed by atoms with Gasteiger partial charge >= 0.3 is 0 Å². The van der Waals surface area contributed by atoms with Crippen LogP contribution >= 0.6 is 0 Å². The first-order valence-corrected chi connectivity index (χ1v) is 9.11. The molecular weight excluding hydrogens is 302 g/mol. The molecule has 0 atom stereocenters. The van der Waals surface area contributed by atoms with E-state index in [4.69, 9.17) is 4.74 Å². The molecule has 1 aromatic carbocycles. The molecule has 134 valence electrons. The lowest BCUT2D eigenvalue weighted by molar-refractivity contribution is 0.370. The first-order chi connectivity index (χ1) is 11.7. The molecule has 3 N–H and O–H groups in total. The highest BCUT2D eigenvalue weighted by Gasteiger charge is 2.14. The predicted octanol–water partition coefficient (Wildman–Crippen LogP) is 3.43. The van der Waals surface area contributed by atoms with Crippen molar-refractivity contribution in [2.75, 3.05) is 20.2 Å². The predicted molar refractivity (Wildman–Crippen MR) is 98.7 cm³/mol. The Bertz CT molecular complexity index is 525. The molecule has 0 unspecified atom stereocenters. The summed E-state index contributed by atoms with van der Waals surface area (Å²) in [5.74, 6) is 2.38. The zero-order valence-corrected chi connectivity index (χ0v) is 15.0. The van der Waals surface area contributed by atoms with Crippen LogP contribution in [-0.4, -0.2) is 31.3 Å². The minimum Gasteiger partial charge on any atom is -0.504 e. The summed E-state index contributed by atoms with van der Waals surface area (Å²) >= 11 is 0. The van der Waals surface area contributed by atoms with Crippen LogP contribution in [0.5, 0.6) is 11.5 Å². The number of nitrogens with zero attached hydrogens (tertiary/aromatic N) is 1. The van der Waals surface area contributed by atoms with Crippen molar-refractivity contribution in [3.63, 3.8) is 0 Å². The van der Waals surface area contributed by atoms with E-state index in [1.807, 2.05) is 12.1 Å². The Morgan fingerprint density at radius 2 is 2.08 bits per heavy atom. The zero-order valence-electron chi connectivity index (χ0n) is 15.0. The van der Waals surface area contributed by atoms with E-state index in [0.29, 0.717) is 12.3 Å². The minimum atomic E-state index is 0.167. The summed E-state index contributed by atoms with van der Waals surface area (Å²) in [6.07, 6.45) is 8.12. The third-order valence-electron chi connectivity index (χ3n) is 4.61. The number of hydrogen-bond donors (Lipinski definition) is 3. The molecule has 0 heterocycles. The number of hydrogen-bond acceptors (Lipinski definition) is 3. The van der Waals surface area contributed by atoms with Crippen LogP contribution in [0.4, 0.5) is 0 Å². The van der Waals surface area contributed by atoms with Crippen molar-refractivity contribution in [2.24, 2.45) is 10.9 Å². The molecule has 1 aromatic rings. The molecule has 0 amide bonds. The fraction of sp³-hybridized carbons (Fsp3) is 0.632. The number of ether oxygens (including phenoxy) is 1. The van der Waals surface area contributed by atoms with Gasteiger partial charge in [0, 0.05) is 18.7 Å².